The van der Waals surface area contributed by atoms with Gasteiger partial charge in [-0.15, -0.1) is 11.3 Å². The van der Waals surface area contributed by atoms with Crippen molar-refractivity contribution in [2.45, 2.75) is 13.1 Å². The van der Waals surface area contributed by atoms with E-state index in [-0.39, 0.29) is 5.69 Å². The molecule has 0 radical (unpaired) electrons. The first kappa shape index (κ1) is 16.2. The van der Waals surface area contributed by atoms with Crippen LogP contribution in [0.15, 0.2) is 48.1 Å². The first-order valence-electron chi connectivity index (χ1n) is 7.34. The Bertz CT molecular complexity index is 818. The summed E-state index contributed by atoms with van der Waals surface area (Å²) in [7, 11) is 1.97. The first-order valence-corrected chi connectivity index (χ1v) is 8.22. The third-order valence-corrected chi connectivity index (χ3v) is 4.30. The number of thiazole rings is 1. The standard InChI is InChI=1S/C17H16N4O2S/c1-21(9-13-7-19-15(8-18-13)17(22)23)10-14-11-24-16(20-14)12-5-3-2-4-6-12/h2-8,11H,9-10H2,1H3,(H,22,23). The molecule has 7 heteroatoms. The molecule has 0 atom stereocenters. The zero-order valence-corrected chi connectivity index (χ0v) is 13.9. The summed E-state index contributed by atoms with van der Waals surface area (Å²) in [4.78, 5) is 25.5. The summed E-state index contributed by atoms with van der Waals surface area (Å²) in [6, 6.07) is 10.1. The maximum Gasteiger partial charge on any atom is 0.356 e. The largest absolute Gasteiger partial charge is 0.476 e. The van der Waals surface area contributed by atoms with Gasteiger partial charge in [-0.05, 0) is 7.05 Å². The Morgan fingerprint density at radius 1 is 1.12 bits per heavy atom. The topological polar surface area (TPSA) is 79.2 Å². The highest BCUT2D eigenvalue weighted by atomic mass is 32.1. The van der Waals surface area contributed by atoms with E-state index < -0.39 is 5.97 Å². The second kappa shape index (κ2) is 7.29. The molecular weight excluding hydrogens is 324 g/mol. The minimum Gasteiger partial charge on any atom is -0.476 e. The van der Waals surface area contributed by atoms with E-state index in [0.717, 1.165) is 22.0 Å². The molecule has 0 spiro atoms. The van der Waals surface area contributed by atoms with E-state index in [1.165, 1.54) is 12.4 Å². The lowest BCUT2D eigenvalue weighted by molar-refractivity contribution is 0.0690. The van der Waals surface area contributed by atoms with Gasteiger partial charge < -0.3 is 5.11 Å². The lowest BCUT2D eigenvalue weighted by Gasteiger charge is -2.14. The molecule has 1 N–H and O–H groups in total. The third-order valence-electron chi connectivity index (χ3n) is 3.36. The Labute approximate surface area is 143 Å². The van der Waals surface area contributed by atoms with Crippen LogP contribution in [0.4, 0.5) is 0 Å². The molecule has 24 heavy (non-hydrogen) atoms. The van der Waals surface area contributed by atoms with Crippen LogP contribution in [-0.2, 0) is 13.1 Å². The van der Waals surface area contributed by atoms with Crippen molar-refractivity contribution in [2.24, 2.45) is 0 Å². The summed E-state index contributed by atoms with van der Waals surface area (Å²) in [6.45, 7) is 1.26. The van der Waals surface area contributed by atoms with Crippen LogP contribution in [0.3, 0.4) is 0 Å². The minimum atomic E-state index is -1.07. The maximum atomic E-state index is 10.8. The quantitative estimate of drug-likeness (QED) is 0.743. The summed E-state index contributed by atoms with van der Waals surface area (Å²) in [5.74, 6) is -1.07. The highest BCUT2D eigenvalue weighted by Crippen LogP contribution is 2.23. The summed E-state index contributed by atoms with van der Waals surface area (Å²) >= 11 is 1.63. The van der Waals surface area contributed by atoms with Gasteiger partial charge in [-0.1, -0.05) is 30.3 Å². The normalized spacial score (nSPS) is 10.9. The van der Waals surface area contributed by atoms with Gasteiger partial charge >= 0.3 is 5.97 Å². The second-order valence-electron chi connectivity index (χ2n) is 5.38. The van der Waals surface area contributed by atoms with Crippen molar-refractivity contribution in [1.82, 2.24) is 19.9 Å². The van der Waals surface area contributed by atoms with Gasteiger partial charge in [0.2, 0.25) is 0 Å². The molecule has 0 aliphatic heterocycles. The number of carboxylic acids is 1. The molecule has 3 rings (SSSR count). The fourth-order valence-corrected chi connectivity index (χ4v) is 3.07. The highest BCUT2D eigenvalue weighted by Gasteiger charge is 2.09. The van der Waals surface area contributed by atoms with Crippen LogP contribution >= 0.6 is 11.3 Å². The maximum absolute atomic E-state index is 10.8. The van der Waals surface area contributed by atoms with Crippen LogP contribution in [0.5, 0.6) is 0 Å². The number of hydrogen-bond donors (Lipinski definition) is 1. The van der Waals surface area contributed by atoms with E-state index in [9.17, 15) is 4.79 Å². The average Bonchev–Trinajstić information content (AvgIpc) is 3.04. The van der Waals surface area contributed by atoms with Crippen LogP contribution in [0.25, 0.3) is 10.6 Å². The Kier molecular flexibility index (Phi) is 4.93. The van der Waals surface area contributed by atoms with Crippen molar-refractivity contribution >= 4 is 17.3 Å². The van der Waals surface area contributed by atoms with Crippen molar-refractivity contribution < 1.29 is 9.90 Å². The molecule has 0 amide bonds. The minimum absolute atomic E-state index is 0.0478. The molecule has 0 saturated heterocycles. The zero-order chi connectivity index (χ0) is 16.9. The Balaban J connectivity index is 1.62. The van der Waals surface area contributed by atoms with Crippen LogP contribution in [0.1, 0.15) is 21.9 Å². The number of benzene rings is 1. The number of carbonyl (C=O) groups is 1. The molecule has 2 aromatic heterocycles. The Morgan fingerprint density at radius 2 is 1.88 bits per heavy atom. The Hall–Kier alpha value is -2.64. The van der Waals surface area contributed by atoms with Crippen molar-refractivity contribution in [2.75, 3.05) is 7.05 Å². The van der Waals surface area contributed by atoms with Gasteiger partial charge in [-0.2, -0.15) is 0 Å². The molecule has 2 heterocycles. The second-order valence-corrected chi connectivity index (χ2v) is 6.24. The van der Waals surface area contributed by atoms with Gasteiger partial charge in [-0.3, -0.25) is 9.88 Å². The highest BCUT2D eigenvalue weighted by molar-refractivity contribution is 7.13. The number of rotatable bonds is 6. The van der Waals surface area contributed by atoms with E-state index >= 15 is 0 Å². The molecule has 3 aromatic rings. The predicted molar refractivity (Wildman–Crippen MR) is 91.7 cm³/mol. The molecule has 0 aliphatic rings. The molecule has 0 saturated carbocycles. The van der Waals surface area contributed by atoms with Crippen molar-refractivity contribution in [3.05, 3.63) is 65.2 Å². The molecular formula is C17H16N4O2S. The molecule has 0 fully saturated rings. The van der Waals surface area contributed by atoms with E-state index in [1.807, 2.05) is 37.4 Å². The summed E-state index contributed by atoms with van der Waals surface area (Å²) in [6.07, 6.45) is 2.78. The van der Waals surface area contributed by atoms with Gasteiger partial charge in [0, 0.05) is 24.0 Å². The zero-order valence-electron chi connectivity index (χ0n) is 13.1. The van der Waals surface area contributed by atoms with Crippen LogP contribution in [-0.4, -0.2) is 38.0 Å². The lowest BCUT2D eigenvalue weighted by Crippen LogP contribution is -2.18. The van der Waals surface area contributed by atoms with E-state index in [0.29, 0.717) is 13.1 Å². The fourth-order valence-electron chi connectivity index (χ4n) is 2.25. The van der Waals surface area contributed by atoms with Gasteiger partial charge in [0.15, 0.2) is 5.69 Å². The fraction of sp³-hybridized carbons (Fsp3) is 0.176. The number of hydrogen-bond acceptors (Lipinski definition) is 6. The molecule has 122 valence electrons. The average molecular weight is 340 g/mol. The number of aromatic nitrogens is 3. The van der Waals surface area contributed by atoms with Gasteiger partial charge in [-0.25, -0.2) is 14.8 Å². The molecule has 0 bridgehead atoms. The van der Waals surface area contributed by atoms with Gasteiger partial charge in [0.25, 0.3) is 0 Å². The number of nitrogens with zero attached hydrogens (tertiary/aromatic N) is 4. The van der Waals surface area contributed by atoms with Crippen molar-refractivity contribution in [3.63, 3.8) is 0 Å². The summed E-state index contributed by atoms with van der Waals surface area (Å²) in [5, 5.41) is 11.9. The monoisotopic (exact) mass is 340 g/mol. The summed E-state index contributed by atoms with van der Waals surface area (Å²) in [5.41, 5.74) is 2.79. The van der Waals surface area contributed by atoms with E-state index in [4.69, 9.17) is 5.11 Å². The molecule has 1 aromatic carbocycles. The SMILES string of the molecule is CN(Cc1cnc(C(=O)O)cn1)Cc1csc(-c2ccccc2)n1. The smallest absolute Gasteiger partial charge is 0.356 e. The van der Waals surface area contributed by atoms with E-state index in [1.54, 1.807) is 11.3 Å². The predicted octanol–water partition coefficient (Wildman–Crippen LogP) is 2.93. The lowest BCUT2D eigenvalue weighted by atomic mass is 10.2. The Morgan fingerprint density at radius 3 is 2.54 bits per heavy atom. The molecule has 0 unspecified atom stereocenters. The van der Waals surface area contributed by atoms with Crippen LogP contribution < -0.4 is 0 Å². The van der Waals surface area contributed by atoms with Crippen molar-refractivity contribution in [3.8, 4) is 10.6 Å². The van der Waals surface area contributed by atoms with Crippen LogP contribution in [0, 0.1) is 0 Å². The van der Waals surface area contributed by atoms with E-state index in [2.05, 4.69) is 25.2 Å². The third kappa shape index (κ3) is 4.01. The first-order chi connectivity index (χ1) is 11.6. The van der Waals surface area contributed by atoms with Crippen LogP contribution in [0.2, 0.25) is 0 Å². The summed E-state index contributed by atoms with van der Waals surface area (Å²) < 4.78 is 0. The van der Waals surface area contributed by atoms with Crippen molar-refractivity contribution in [1.29, 1.82) is 0 Å². The number of carboxylic acid groups (broad SMARTS) is 1. The molecule has 6 nitrogen and oxygen atoms in total. The number of aromatic carboxylic acids is 1. The van der Waals surface area contributed by atoms with Gasteiger partial charge in [0.05, 0.1) is 23.8 Å². The molecule has 0 aliphatic carbocycles. The van der Waals surface area contributed by atoms with Gasteiger partial charge in [0.1, 0.15) is 5.01 Å².